The highest BCUT2D eigenvalue weighted by Gasteiger charge is 2.53. The lowest BCUT2D eigenvalue weighted by atomic mass is 10.0. The number of fused-ring (bicyclic) bond motifs is 1. The summed E-state index contributed by atoms with van der Waals surface area (Å²) in [5.74, 6) is -1.69. The van der Waals surface area contributed by atoms with Gasteiger partial charge < -0.3 is 21.0 Å². The molecule has 2 amide bonds. The highest BCUT2D eigenvalue weighted by atomic mass is 32.2. The Bertz CT molecular complexity index is 1230. The van der Waals surface area contributed by atoms with E-state index in [1.54, 1.807) is 6.08 Å². The molecule has 2 atom stereocenters. The molecule has 0 spiro atoms. The number of nitrogen functional groups attached to an aromatic ring is 1. The van der Waals surface area contributed by atoms with Crippen LogP contribution in [-0.2, 0) is 25.7 Å². The number of carbonyl (C=O) groups excluding carboxylic acids is 3. The quantitative estimate of drug-likeness (QED) is 0.122. The van der Waals surface area contributed by atoms with Gasteiger partial charge in [0, 0.05) is 23.3 Å². The highest BCUT2D eigenvalue weighted by Crippen LogP contribution is 2.38. The predicted molar refractivity (Wildman–Crippen MR) is 121 cm³/mol. The topological polar surface area (TPSA) is 190 Å². The van der Waals surface area contributed by atoms with Crippen LogP contribution in [0.3, 0.4) is 0 Å². The third-order valence-corrected chi connectivity index (χ3v) is 6.80. The molecule has 34 heavy (non-hydrogen) atoms. The summed E-state index contributed by atoms with van der Waals surface area (Å²) in [4.78, 5) is 53.2. The van der Waals surface area contributed by atoms with Gasteiger partial charge in [0.25, 0.3) is 17.5 Å². The zero-order chi connectivity index (χ0) is 24.4. The number of hydrogen-bond acceptors (Lipinski definition) is 12. The van der Waals surface area contributed by atoms with Crippen LogP contribution in [0.2, 0.25) is 0 Å². The molecule has 2 aliphatic heterocycles. The summed E-state index contributed by atoms with van der Waals surface area (Å²) < 4.78 is 5.26. The highest BCUT2D eigenvalue weighted by molar-refractivity contribution is 8.00. The summed E-state index contributed by atoms with van der Waals surface area (Å²) in [6, 6.07) is 4.58. The van der Waals surface area contributed by atoms with Gasteiger partial charge in [0.1, 0.15) is 29.4 Å². The zero-order valence-corrected chi connectivity index (χ0v) is 18.7. The van der Waals surface area contributed by atoms with Crippen molar-refractivity contribution in [2.24, 2.45) is 5.16 Å². The number of oxime groups is 1. The maximum atomic E-state index is 12.7. The predicted octanol–water partition coefficient (Wildman–Crippen LogP) is 0.839. The van der Waals surface area contributed by atoms with Crippen LogP contribution >= 0.6 is 23.1 Å². The van der Waals surface area contributed by atoms with E-state index in [2.05, 4.69) is 15.5 Å². The smallest absolute Gasteiger partial charge is 0.355 e. The van der Waals surface area contributed by atoms with E-state index in [0.717, 1.165) is 11.3 Å². The molecule has 1 aromatic heterocycles. The van der Waals surface area contributed by atoms with Crippen molar-refractivity contribution < 1.29 is 29.3 Å². The lowest BCUT2D eigenvalue weighted by Crippen LogP contribution is -2.70. The number of non-ortho nitro benzene ring substituents is 1. The van der Waals surface area contributed by atoms with Crippen molar-refractivity contribution in [3.05, 3.63) is 62.8 Å². The first-order valence-corrected chi connectivity index (χ1v) is 11.5. The average molecular weight is 505 g/mol. The van der Waals surface area contributed by atoms with Gasteiger partial charge in [-0.2, -0.15) is 0 Å². The van der Waals surface area contributed by atoms with Crippen LogP contribution in [0.15, 0.2) is 46.6 Å². The van der Waals surface area contributed by atoms with Crippen molar-refractivity contribution in [3.8, 4) is 0 Å². The molecule has 0 saturated carbocycles. The molecule has 1 unspecified atom stereocenters. The van der Waals surface area contributed by atoms with E-state index in [-0.39, 0.29) is 28.8 Å². The number of nitrogens with one attached hydrogen (secondary N) is 1. The number of nitro benzene ring substituents is 1. The summed E-state index contributed by atoms with van der Waals surface area (Å²) >= 11 is 2.39. The molecule has 1 aromatic carbocycles. The van der Waals surface area contributed by atoms with Gasteiger partial charge >= 0.3 is 5.97 Å². The zero-order valence-electron chi connectivity index (χ0n) is 17.1. The van der Waals surface area contributed by atoms with Gasteiger partial charge in [-0.1, -0.05) is 5.16 Å². The van der Waals surface area contributed by atoms with E-state index in [4.69, 9.17) is 10.5 Å². The molecular weight excluding hydrogens is 488 g/mol. The second-order valence-electron chi connectivity index (χ2n) is 6.99. The van der Waals surface area contributed by atoms with E-state index in [9.17, 15) is 29.7 Å². The molecule has 2 aromatic rings. The molecule has 15 heteroatoms. The monoisotopic (exact) mass is 504 g/mol. The maximum Gasteiger partial charge on any atom is 0.355 e. The Morgan fingerprint density at radius 3 is 2.74 bits per heavy atom. The lowest BCUT2D eigenvalue weighted by molar-refractivity contribution is -0.384. The molecule has 3 heterocycles. The first kappa shape index (κ1) is 23.2. The number of nitro groups is 1. The molecule has 176 valence electrons. The minimum absolute atomic E-state index is 0.0458. The van der Waals surface area contributed by atoms with Crippen molar-refractivity contribution in [3.63, 3.8) is 0 Å². The number of β-lactam (4-membered cyclic amide) rings is 1. The number of benzene rings is 1. The van der Waals surface area contributed by atoms with Gasteiger partial charge in [0.05, 0.1) is 4.92 Å². The number of aromatic nitrogens is 1. The Morgan fingerprint density at radius 2 is 2.12 bits per heavy atom. The molecule has 1 saturated heterocycles. The van der Waals surface area contributed by atoms with Gasteiger partial charge in [-0.3, -0.25) is 24.6 Å². The number of amides is 2. The SMILES string of the molecule is Nc1nc(C(=NO)C(=O)NC2C(=O)N3C(C(=O)OCc4ccc([N+](=O)[O-])cc4)=CCS[C@H]23)cs1. The van der Waals surface area contributed by atoms with Crippen LogP contribution in [-0.4, -0.2) is 60.7 Å². The van der Waals surface area contributed by atoms with Crippen molar-refractivity contribution >= 4 is 57.4 Å². The molecule has 13 nitrogen and oxygen atoms in total. The number of carbonyl (C=O) groups is 3. The lowest BCUT2D eigenvalue weighted by Gasteiger charge is -2.48. The number of anilines is 1. The van der Waals surface area contributed by atoms with E-state index < -0.39 is 39.8 Å². The van der Waals surface area contributed by atoms with Crippen LogP contribution in [0.25, 0.3) is 0 Å². The standard InChI is InChI=1S/C19H16N6O7S2/c20-19-21-11(8-34-19)13(23-29)15(26)22-14-16(27)24-12(5-6-33-17(14)24)18(28)32-7-9-1-3-10(4-2-9)25(30)31/h1-5,8,14,17,29H,6-7H2,(H2,20,21)(H,22,26)/t14?,17-/m1/s1. The van der Waals surface area contributed by atoms with Gasteiger partial charge in [0.15, 0.2) is 10.8 Å². The average Bonchev–Trinajstić information content (AvgIpc) is 3.26. The Hall–Kier alpha value is -3.98. The van der Waals surface area contributed by atoms with Crippen molar-refractivity contribution in [2.75, 3.05) is 11.5 Å². The molecule has 4 N–H and O–H groups in total. The normalized spacial score (nSPS) is 19.5. The summed E-state index contributed by atoms with van der Waals surface area (Å²) in [5, 5.41) is 26.5. The van der Waals surface area contributed by atoms with E-state index in [0.29, 0.717) is 11.3 Å². The fourth-order valence-electron chi connectivity index (χ4n) is 3.29. The molecule has 0 aliphatic carbocycles. The first-order valence-electron chi connectivity index (χ1n) is 9.59. The molecule has 2 aliphatic rings. The fourth-order valence-corrected chi connectivity index (χ4v) is 5.03. The Morgan fingerprint density at radius 1 is 1.38 bits per heavy atom. The Labute approximate surface area is 199 Å². The third kappa shape index (κ3) is 4.42. The number of ether oxygens (including phenoxy) is 1. The van der Waals surface area contributed by atoms with Gasteiger partial charge in [-0.05, 0) is 23.8 Å². The summed E-state index contributed by atoms with van der Waals surface area (Å²) in [7, 11) is 0. The fraction of sp³-hybridized carbons (Fsp3) is 0.211. The Kier molecular flexibility index (Phi) is 6.47. The molecule has 1 fully saturated rings. The number of nitrogens with two attached hydrogens (primary N) is 1. The number of thiazole rings is 1. The van der Waals surface area contributed by atoms with Crippen LogP contribution in [0, 0.1) is 10.1 Å². The maximum absolute atomic E-state index is 12.7. The van der Waals surface area contributed by atoms with Crippen LogP contribution in [0.5, 0.6) is 0 Å². The van der Waals surface area contributed by atoms with Crippen LogP contribution in [0.1, 0.15) is 11.3 Å². The summed E-state index contributed by atoms with van der Waals surface area (Å²) in [5.41, 5.74) is 5.72. The third-order valence-electron chi connectivity index (χ3n) is 4.94. The van der Waals surface area contributed by atoms with Crippen molar-refractivity contribution in [2.45, 2.75) is 18.0 Å². The Balaban J connectivity index is 1.37. The number of nitrogens with zero attached hydrogens (tertiary/aromatic N) is 4. The van der Waals surface area contributed by atoms with E-state index in [1.807, 2.05) is 0 Å². The first-order chi connectivity index (χ1) is 16.3. The number of esters is 1. The molecule has 4 rings (SSSR count). The molecule has 0 bridgehead atoms. The van der Waals surface area contributed by atoms with Gasteiger partial charge in [0.2, 0.25) is 0 Å². The summed E-state index contributed by atoms with van der Waals surface area (Å²) in [6.07, 6.45) is 1.55. The number of rotatable bonds is 7. The largest absolute Gasteiger partial charge is 0.456 e. The van der Waals surface area contributed by atoms with Gasteiger partial charge in [-0.15, -0.1) is 23.1 Å². The molecule has 0 radical (unpaired) electrons. The van der Waals surface area contributed by atoms with Crippen LogP contribution in [0.4, 0.5) is 10.8 Å². The van der Waals surface area contributed by atoms with Gasteiger partial charge in [-0.25, -0.2) is 9.78 Å². The molecular formula is C19H16N6O7S2. The summed E-state index contributed by atoms with van der Waals surface area (Å²) in [6.45, 7) is -0.138. The minimum atomic E-state index is -0.948. The van der Waals surface area contributed by atoms with E-state index >= 15 is 0 Å². The van der Waals surface area contributed by atoms with Crippen LogP contribution < -0.4 is 11.1 Å². The minimum Gasteiger partial charge on any atom is -0.456 e. The van der Waals surface area contributed by atoms with E-state index in [1.165, 1.54) is 46.3 Å². The van der Waals surface area contributed by atoms with Crippen molar-refractivity contribution in [1.29, 1.82) is 0 Å². The number of thioether (sulfide) groups is 1. The second-order valence-corrected chi connectivity index (χ2v) is 9.03. The second kappa shape index (κ2) is 9.48. The number of hydrogen-bond donors (Lipinski definition) is 3. The van der Waals surface area contributed by atoms with Crippen molar-refractivity contribution in [1.82, 2.24) is 15.2 Å².